The number of carbonyl (C=O) groups is 1. The number of rotatable bonds is 5. The molecule has 2 aromatic rings. The Kier molecular flexibility index (Phi) is 7.18. The van der Waals surface area contributed by atoms with Gasteiger partial charge in [-0.3, -0.25) is 10.2 Å². The molecule has 0 bridgehead atoms. The highest BCUT2D eigenvalue weighted by molar-refractivity contribution is 6.30. The Morgan fingerprint density at radius 1 is 1.07 bits per heavy atom. The minimum atomic E-state index is -0.124. The topological polar surface area (TPSA) is 45.2 Å². The Hall–Kier alpha value is -2.07. The molecule has 0 radical (unpaired) electrons. The molecule has 0 aliphatic heterocycles. The van der Waals surface area contributed by atoms with Gasteiger partial charge in [-0.25, -0.2) is 9.78 Å². The Balaban J connectivity index is 1.89. The molecule has 1 aromatic heterocycles. The molecular formula is C24H32ClN3O. The highest BCUT2D eigenvalue weighted by Gasteiger charge is 2.32. The fraction of sp³-hybridized carbons (Fsp3) is 0.500. The van der Waals surface area contributed by atoms with E-state index in [0.29, 0.717) is 22.7 Å². The van der Waals surface area contributed by atoms with Crippen LogP contribution in [0.3, 0.4) is 0 Å². The molecule has 1 aromatic carbocycles. The van der Waals surface area contributed by atoms with E-state index in [4.69, 9.17) is 11.6 Å². The second-order valence-corrected chi connectivity index (χ2v) is 9.12. The maximum atomic E-state index is 13.4. The number of anilines is 2. The van der Waals surface area contributed by atoms with Crippen LogP contribution in [0.15, 0.2) is 42.6 Å². The summed E-state index contributed by atoms with van der Waals surface area (Å²) < 4.78 is 0. The summed E-state index contributed by atoms with van der Waals surface area (Å²) in [7, 11) is 0. The number of para-hydroxylation sites is 1. The summed E-state index contributed by atoms with van der Waals surface area (Å²) in [6.45, 7) is 8.95. The monoisotopic (exact) mass is 413 g/mol. The first kappa shape index (κ1) is 21.6. The van der Waals surface area contributed by atoms with Crippen LogP contribution in [-0.2, 0) is 0 Å². The van der Waals surface area contributed by atoms with Gasteiger partial charge in [-0.15, -0.1) is 0 Å². The third-order valence-electron chi connectivity index (χ3n) is 6.05. The Labute approximate surface area is 179 Å². The first-order valence-corrected chi connectivity index (χ1v) is 11.0. The third kappa shape index (κ3) is 5.30. The van der Waals surface area contributed by atoms with Gasteiger partial charge in [0.05, 0.1) is 5.02 Å². The second kappa shape index (κ2) is 9.62. The summed E-state index contributed by atoms with van der Waals surface area (Å²) >= 11 is 5.94. The number of carbonyl (C=O) groups excluding carboxylic acids is 1. The lowest BCUT2D eigenvalue weighted by Gasteiger charge is -2.39. The lowest BCUT2D eigenvalue weighted by Crippen LogP contribution is -2.45. The van der Waals surface area contributed by atoms with Gasteiger partial charge in [0, 0.05) is 17.9 Å². The van der Waals surface area contributed by atoms with E-state index in [1.807, 2.05) is 17.0 Å². The Morgan fingerprint density at radius 2 is 1.76 bits per heavy atom. The van der Waals surface area contributed by atoms with E-state index < -0.39 is 0 Å². The standard InChI is InChI=1S/C24H32ClN3O/c1-16(2)18-9-12-20(13-10-18)28(22-8-6-5-7-21(22)17(3)4)24(29)27-23-14-11-19(25)15-26-23/h5-8,11,14-18,20H,9-10,12-13H2,1-4H3,(H,26,27,29)/t18-,20-. The summed E-state index contributed by atoms with van der Waals surface area (Å²) in [5, 5.41) is 3.54. The zero-order chi connectivity index (χ0) is 21.0. The van der Waals surface area contributed by atoms with Crippen molar-refractivity contribution in [3.63, 3.8) is 0 Å². The predicted molar refractivity (Wildman–Crippen MR) is 122 cm³/mol. The molecule has 0 atom stereocenters. The molecule has 0 spiro atoms. The van der Waals surface area contributed by atoms with Gasteiger partial charge in [-0.2, -0.15) is 0 Å². The maximum absolute atomic E-state index is 13.4. The molecule has 1 heterocycles. The molecular weight excluding hydrogens is 382 g/mol. The van der Waals surface area contributed by atoms with Crippen LogP contribution >= 0.6 is 11.6 Å². The van der Waals surface area contributed by atoms with Crippen molar-refractivity contribution in [2.45, 2.75) is 65.3 Å². The quantitative estimate of drug-likeness (QED) is 0.567. The van der Waals surface area contributed by atoms with E-state index >= 15 is 0 Å². The number of benzene rings is 1. The molecule has 4 nitrogen and oxygen atoms in total. The molecule has 0 saturated heterocycles. The molecule has 5 heteroatoms. The fourth-order valence-electron chi connectivity index (χ4n) is 4.31. The van der Waals surface area contributed by atoms with Crippen molar-refractivity contribution in [1.82, 2.24) is 4.98 Å². The minimum Gasteiger partial charge on any atom is -0.292 e. The van der Waals surface area contributed by atoms with Crippen molar-refractivity contribution in [1.29, 1.82) is 0 Å². The van der Waals surface area contributed by atoms with Crippen molar-refractivity contribution in [3.8, 4) is 0 Å². The van der Waals surface area contributed by atoms with E-state index in [-0.39, 0.29) is 12.1 Å². The fourth-order valence-corrected chi connectivity index (χ4v) is 4.42. The number of amides is 2. The molecule has 1 aliphatic carbocycles. The van der Waals surface area contributed by atoms with Gasteiger partial charge in [0.25, 0.3) is 0 Å². The number of hydrogen-bond donors (Lipinski definition) is 1. The number of aromatic nitrogens is 1. The molecule has 0 unspecified atom stereocenters. The smallest absolute Gasteiger partial charge is 0.292 e. The van der Waals surface area contributed by atoms with Gasteiger partial charge in [0.2, 0.25) is 0 Å². The molecule has 1 N–H and O–H groups in total. The Morgan fingerprint density at radius 3 is 2.34 bits per heavy atom. The summed E-state index contributed by atoms with van der Waals surface area (Å²) in [6, 6.07) is 11.8. The largest absolute Gasteiger partial charge is 0.327 e. The summed E-state index contributed by atoms with van der Waals surface area (Å²) in [5.41, 5.74) is 2.19. The summed E-state index contributed by atoms with van der Waals surface area (Å²) in [5.74, 6) is 2.29. The van der Waals surface area contributed by atoms with E-state index in [1.165, 1.54) is 5.56 Å². The number of nitrogens with zero attached hydrogens (tertiary/aromatic N) is 2. The van der Waals surface area contributed by atoms with Gasteiger partial charge >= 0.3 is 6.03 Å². The number of halogens is 1. The van der Waals surface area contributed by atoms with E-state index in [0.717, 1.165) is 37.3 Å². The zero-order valence-corrected chi connectivity index (χ0v) is 18.6. The highest BCUT2D eigenvalue weighted by Crippen LogP contribution is 2.37. The van der Waals surface area contributed by atoms with Crippen molar-refractivity contribution in [2.24, 2.45) is 11.8 Å². The summed E-state index contributed by atoms with van der Waals surface area (Å²) in [4.78, 5) is 19.6. The molecule has 1 saturated carbocycles. The van der Waals surface area contributed by atoms with Crippen molar-refractivity contribution >= 4 is 29.1 Å². The predicted octanol–water partition coefficient (Wildman–Crippen LogP) is 7.11. The van der Waals surface area contributed by atoms with Crippen LogP contribution in [0.4, 0.5) is 16.3 Å². The zero-order valence-electron chi connectivity index (χ0n) is 17.9. The Bertz CT molecular complexity index is 811. The lowest BCUT2D eigenvalue weighted by molar-refractivity contribution is 0.236. The molecule has 1 aliphatic rings. The van der Waals surface area contributed by atoms with Crippen LogP contribution in [0, 0.1) is 11.8 Å². The van der Waals surface area contributed by atoms with Crippen LogP contribution in [0.2, 0.25) is 5.02 Å². The van der Waals surface area contributed by atoms with E-state index in [1.54, 1.807) is 18.3 Å². The maximum Gasteiger partial charge on any atom is 0.327 e. The number of urea groups is 1. The second-order valence-electron chi connectivity index (χ2n) is 8.69. The normalized spacial score (nSPS) is 19.4. The van der Waals surface area contributed by atoms with Crippen molar-refractivity contribution < 1.29 is 4.79 Å². The number of hydrogen-bond acceptors (Lipinski definition) is 2. The average molecular weight is 414 g/mol. The van der Waals surface area contributed by atoms with Gasteiger partial charge < -0.3 is 0 Å². The molecule has 156 valence electrons. The number of pyridine rings is 1. The minimum absolute atomic E-state index is 0.124. The van der Waals surface area contributed by atoms with E-state index in [2.05, 4.69) is 50.1 Å². The van der Waals surface area contributed by atoms with Gasteiger partial charge in [-0.1, -0.05) is 57.5 Å². The third-order valence-corrected chi connectivity index (χ3v) is 6.27. The van der Waals surface area contributed by atoms with Crippen molar-refractivity contribution in [3.05, 3.63) is 53.2 Å². The molecule has 3 rings (SSSR count). The van der Waals surface area contributed by atoms with Crippen LogP contribution in [0.1, 0.15) is 64.9 Å². The SMILES string of the molecule is CC(C)c1ccccc1N(C(=O)Nc1ccc(Cl)cn1)[C@H]1CC[C@H](C(C)C)CC1. The van der Waals surface area contributed by atoms with Crippen LogP contribution in [-0.4, -0.2) is 17.1 Å². The first-order valence-electron chi connectivity index (χ1n) is 10.7. The van der Waals surface area contributed by atoms with Crippen molar-refractivity contribution in [2.75, 3.05) is 10.2 Å². The van der Waals surface area contributed by atoms with Crippen LogP contribution in [0.5, 0.6) is 0 Å². The molecule has 2 amide bonds. The lowest BCUT2D eigenvalue weighted by atomic mass is 9.79. The summed E-state index contributed by atoms with van der Waals surface area (Å²) in [6.07, 6.45) is 5.93. The van der Waals surface area contributed by atoms with E-state index in [9.17, 15) is 4.79 Å². The van der Waals surface area contributed by atoms with Gasteiger partial charge in [-0.05, 0) is 67.2 Å². The molecule has 29 heavy (non-hydrogen) atoms. The number of nitrogens with one attached hydrogen (secondary N) is 1. The highest BCUT2D eigenvalue weighted by atomic mass is 35.5. The average Bonchev–Trinajstić information content (AvgIpc) is 2.70. The van der Waals surface area contributed by atoms with Gasteiger partial charge in [0.15, 0.2) is 0 Å². The van der Waals surface area contributed by atoms with Gasteiger partial charge in [0.1, 0.15) is 5.82 Å². The van der Waals surface area contributed by atoms with Crippen LogP contribution in [0.25, 0.3) is 0 Å². The first-order chi connectivity index (χ1) is 13.9. The van der Waals surface area contributed by atoms with Crippen LogP contribution < -0.4 is 10.2 Å². The molecule has 1 fully saturated rings.